The molecule has 1 unspecified atom stereocenters. The van der Waals surface area contributed by atoms with Gasteiger partial charge in [0.1, 0.15) is 0 Å². The Morgan fingerprint density at radius 2 is 2.26 bits per heavy atom. The van der Waals surface area contributed by atoms with Crippen LogP contribution in [0.2, 0.25) is 0 Å². The van der Waals surface area contributed by atoms with Crippen molar-refractivity contribution >= 4 is 21.8 Å². The minimum Gasteiger partial charge on any atom is -0.504 e. The van der Waals surface area contributed by atoms with Crippen LogP contribution in [0, 0.1) is 5.92 Å². The van der Waals surface area contributed by atoms with Crippen LogP contribution in [0.3, 0.4) is 0 Å². The monoisotopic (exact) mass is 329 g/mol. The summed E-state index contributed by atoms with van der Waals surface area (Å²) in [4.78, 5) is 11.9. The minimum atomic E-state index is -0.275. The zero-order valence-corrected chi connectivity index (χ0v) is 12.9. The lowest BCUT2D eigenvalue weighted by molar-refractivity contribution is 0.0949. The number of halogens is 1. The van der Waals surface area contributed by atoms with Crippen LogP contribution in [0.5, 0.6) is 11.5 Å². The Kier molecular flexibility index (Phi) is 6.70. The summed E-state index contributed by atoms with van der Waals surface area (Å²) >= 11 is 3.42. The second-order valence-electron chi connectivity index (χ2n) is 4.51. The summed E-state index contributed by atoms with van der Waals surface area (Å²) in [5, 5.41) is 13.6. The number of phenolic OH excluding ortho intramolecular Hbond substituents is 1. The van der Waals surface area contributed by atoms with Gasteiger partial charge >= 0.3 is 0 Å². The van der Waals surface area contributed by atoms with E-state index in [9.17, 15) is 9.90 Å². The zero-order valence-electron chi connectivity index (χ0n) is 11.3. The molecule has 1 rings (SSSR count). The second-order valence-corrected chi connectivity index (χ2v) is 5.16. The van der Waals surface area contributed by atoms with Gasteiger partial charge in [0.25, 0.3) is 5.91 Å². The molecule has 106 valence electrons. The Hall–Kier alpha value is -1.23. The molecule has 0 radical (unpaired) electrons. The summed E-state index contributed by atoms with van der Waals surface area (Å²) in [7, 11) is 1.46. The van der Waals surface area contributed by atoms with Gasteiger partial charge in [-0.2, -0.15) is 0 Å². The van der Waals surface area contributed by atoms with E-state index in [-0.39, 0.29) is 17.2 Å². The van der Waals surface area contributed by atoms with Crippen molar-refractivity contribution in [3.05, 3.63) is 23.8 Å². The number of rotatable bonds is 7. The standard InChI is InChI=1S/C14H20BrNO3/c1-10(9-15)5-4-8-16-14(18)11-6-3-7-12(19-2)13(11)17/h3,6-7,10,17H,4-5,8-9H2,1-2H3,(H,16,18). The highest BCUT2D eigenvalue weighted by Crippen LogP contribution is 2.29. The van der Waals surface area contributed by atoms with Gasteiger partial charge in [-0.15, -0.1) is 0 Å². The normalized spacial score (nSPS) is 11.9. The van der Waals surface area contributed by atoms with Crippen LogP contribution in [0.25, 0.3) is 0 Å². The molecule has 1 atom stereocenters. The van der Waals surface area contributed by atoms with E-state index in [0.29, 0.717) is 18.2 Å². The Bertz CT molecular complexity index is 423. The maximum absolute atomic E-state index is 11.9. The Labute approximate surface area is 122 Å². The number of phenols is 1. The molecule has 0 aromatic heterocycles. The van der Waals surface area contributed by atoms with Crippen LogP contribution in [0.15, 0.2) is 18.2 Å². The number of carbonyl (C=O) groups excluding carboxylic acids is 1. The molecule has 0 aliphatic rings. The first-order valence-electron chi connectivity index (χ1n) is 6.30. The maximum Gasteiger partial charge on any atom is 0.255 e. The van der Waals surface area contributed by atoms with Crippen molar-refractivity contribution in [3.63, 3.8) is 0 Å². The van der Waals surface area contributed by atoms with Crippen LogP contribution in [-0.4, -0.2) is 30.0 Å². The molecule has 0 aliphatic heterocycles. The number of para-hydroxylation sites is 1. The van der Waals surface area contributed by atoms with Crippen LogP contribution in [-0.2, 0) is 0 Å². The van der Waals surface area contributed by atoms with Crippen molar-refractivity contribution in [1.82, 2.24) is 5.32 Å². The van der Waals surface area contributed by atoms with Crippen molar-refractivity contribution < 1.29 is 14.6 Å². The number of aromatic hydroxyl groups is 1. The lowest BCUT2D eigenvalue weighted by Gasteiger charge is -2.10. The van der Waals surface area contributed by atoms with Gasteiger partial charge in [-0.25, -0.2) is 0 Å². The van der Waals surface area contributed by atoms with Gasteiger partial charge in [-0.05, 0) is 30.9 Å². The lowest BCUT2D eigenvalue weighted by Crippen LogP contribution is -2.25. The average molecular weight is 330 g/mol. The molecule has 1 aromatic rings. The SMILES string of the molecule is COc1cccc(C(=O)NCCCC(C)CBr)c1O. The van der Waals surface area contributed by atoms with E-state index in [0.717, 1.165) is 18.2 Å². The van der Waals surface area contributed by atoms with Crippen molar-refractivity contribution in [2.24, 2.45) is 5.92 Å². The molecule has 4 nitrogen and oxygen atoms in total. The van der Waals surface area contributed by atoms with Gasteiger partial charge in [0.2, 0.25) is 0 Å². The van der Waals surface area contributed by atoms with Crippen molar-refractivity contribution in [2.45, 2.75) is 19.8 Å². The topological polar surface area (TPSA) is 58.6 Å². The number of hydrogen-bond acceptors (Lipinski definition) is 3. The molecule has 0 saturated heterocycles. The van der Waals surface area contributed by atoms with Crippen molar-refractivity contribution in [2.75, 3.05) is 19.0 Å². The number of benzene rings is 1. The van der Waals surface area contributed by atoms with E-state index in [1.807, 2.05) is 0 Å². The van der Waals surface area contributed by atoms with Crippen LogP contribution >= 0.6 is 15.9 Å². The third kappa shape index (κ3) is 4.74. The van der Waals surface area contributed by atoms with Crippen molar-refractivity contribution in [3.8, 4) is 11.5 Å². The second kappa shape index (κ2) is 8.04. The number of alkyl halides is 1. The summed E-state index contributed by atoms with van der Waals surface area (Å²) < 4.78 is 4.97. The Balaban J connectivity index is 2.50. The molecular weight excluding hydrogens is 310 g/mol. The van der Waals surface area contributed by atoms with E-state index in [4.69, 9.17) is 4.74 Å². The number of hydrogen-bond donors (Lipinski definition) is 2. The quantitative estimate of drug-likeness (QED) is 0.597. The molecule has 0 spiro atoms. The fraction of sp³-hybridized carbons (Fsp3) is 0.500. The fourth-order valence-electron chi connectivity index (χ4n) is 1.70. The van der Waals surface area contributed by atoms with Gasteiger partial charge in [0.15, 0.2) is 11.5 Å². The first kappa shape index (κ1) is 15.8. The molecule has 0 bridgehead atoms. The number of carbonyl (C=O) groups is 1. The molecule has 0 saturated carbocycles. The van der Waals surface area contributed by atoms with E-state index in [1.54, 1.807) is 18.2 Å². The zero-order chi connectivity index (χ0) is 14.3. The number of ether oxygens (including phenoxy) is 1. The summed E-state index contributed by atoms with van der Waals surface area (Å²) in [6.45, 7) is 2.76. The molecule has 0 heterocycles. The third-order valence-corrected chi connectivity index (χ3v) is 3.99. The predicted molar refractivity (Wildman–Crippen MR) is 79.2 cm³/mol. The highest BCUT2D eigenvalue weighted by atomic mass is 79.9. The molecule has 0 aliphatic carbocycles. The van der Waals surface area contributed by atoms with Gasteiger partial charge in [-0.1, -0.05) is 28.9 Å². The Morgan fingerprint density at radius 3 is 2.89 bits per heavy atom. The van der Waals surface area contributed by atoms with Gasteiger partial charge in [0.05, 0.1) is 12.7 Å². The molecular formula is C14H20BrNO3. The molecule has 0 fully saturated rings. The van der Waals surface area contributed by atoms with Crippen LogP contribution in [0.4, 0.5) is 0 Å². The average Bonchev–Trinajstić information content (AvgIpc) is 2.43. The Morgan fingerprint density at radius 1 is 1.53 bits per heavy atom. The van der Waals surface area contributed by atoms with Gasteiger partial charge in [-0.3, -0.25) is 4.79 Å². The highest BCUT2D eigenvalue weighted by molar-refractivity contribution is 9.09. The smallest absolute Gasteiger partial charge is 0.255 e. The predicted octanol–water partition coefficient (Wildman–Crippen LogP) is 2.94. The fourth-order valence-corrected chi connectivity index (χ4v) is 2.02. The lowest BCUT2D eigenvalue weighted by atomic mass is 10.1. The van der Waals surface area contributed by atoms with Gasteiger partial charge < -0.3 is 15.2 Å². The summed E-state index contributed by atoms with van der Waals surface area (Å²) in [5.41, 5.74) is 0.243. The largest absolute Gasteiger partial charge is 0.504 e. The first-order valence-corrected chi connectivity index (χ1v) is 7.42. The molecule has 2 N–H and O–H groups in total. The molecule has 19 heavy (non-hydrogen) atoms. The van der Waals surface area contributed by atoms with E-state index in [1.165, 1.54) is 7.11 Å². The summed E-state index contributed by atoms with van der Waals surface area (Å²) in [5.74, 6) is 0.516. The van der Waals surface area contributed by atoms with E-state index < -0.39 is 0 Å². The van der Waals surface area contributed by atoms with E-state index in [2.05, 4.69) is 28.2 Å². The first-order chi connectivity index (χ1) is 9.10. The molecule has 1 aromatic carbocycles. The van der Waals surface area contributed by atoms with Crippen molar-refractivity contribution in [1.29, 1.82) is 0 Å². The van der Waals surface area contributed by atoms with E-state index >= 15 is 0 Å². The molecule has 5 heteroatoms. The highest BCUT2D eigenvalue weighted by Gasteiger charge is 2.14. The third-order valence-electron chi connectivity index (χ3n) is 2.89. The maximum atomic E-state index is 11.9. The molecule has 1 amide bonds. The minimum absolute atomic E-state index is 0.115. The number of methoxy groups -OCH3 is 1. The van der Waals surface area contributed by atoms with Crippen LogP contribution < -0.4 is 10.1 Å². The number of amides is 1. The summed E-state index contributed by atoms with van der Waals surface area (Å²) in [6, 6.07) is 4.87. The van der Waals surface area contributed by atoms with Crippen LogP contribution in [0.1, 0.15) is 30.1 Å². The van der Waals surface area contributed by atoms with Gasteiger partial charge in [0, 0.05) is 11.9 Å². The summed E-state index contributed by atoms with van der Waals surface area (Å²) in [6.07, 6.45) is 1.97. The number of nitrogens with one attached hydrogen (secondary N) is 1.